The van der Waals surface area contributed by atoms with Gasteiger partial charge in [0.1, 0.15) is 0 Å². The molecule has 0 saturated carbocycles. The number of hydrogen-bond donors (Lipinski definition) is 3. The van der Waals surface area contributed by atoms with Crippen LogP contribution in [-0.4, -0.2) is 34.9 Å². The van der Waals surface area contributed by atoms with Gasteiger partial charge in [-0.2, -0.15) is 0 Å². The standard InChI is InChI=1S/C47H81NO3/c1-3-5-7-9-11-13-15-17-19-21-23-25-26-28-30-32-34-36-38-40-42-46(50)45(44-49)48-47(51)43-41-39-37-35-33-31-29-27-24-22-20-18-16-14-12-10-8-6-4-2/h6,8,12,14,18,20,24-27,32,34,40,42,45-46,49-50H,3-5,7,9-11,13,15-17,19,21-23,28-31,33,35-39,41,43-44H2,1-2H3,(H,48,51)/b8-6-,14-12-,20-18-,26-25+,27-24-,34-32+,42-40+. The van der Waals surface area contributed by atoms with Gasteiger partial charge in [0.25, 0.3) is 0 Å². The van der Waals surface area contributed by atoms with Crippen molar-refractivity contribution in [3.63, 3.8) is 0 Å². The van der Waals surface area contributed by atoms with Gasteiger partial charge in [0.2, 0.25) is 5.91 Å². The van der Waals surface area contributed by atoms with Gasteiger partial charge >= 0.3 is 0 Å². The van der Waals surface area contributed by atoms with Crippen molar-refractivity contribution in [3.8, 4) is 0 Å². The molecule has 0 rings (SSSR count). The maximum atomic E-state index is 12.4. The van der Waals surface area contributed by atoms with Crippen LogP contribution < -0.4 is 5.32 Å². The number of aliphatic hydroxyl groups excluding tert-OH is 2. The molecule has 0 aliphatic carbocycles. The van der Waals surface area contributed by atoms with Crippen LogP contribution >= 0.6 is 0 Å². The summed E-state index contributed by atoms with van der Waals surface area (Å²) in [5.41, 5.74) is 0. The monoisotopic (exact) mass is 708 g/mol. The zero-order valence-electron chi connectivity index (χ0n) is 33.3. The second-order valence-electron chi connectivity index (χ2n) is 14.0. The molecule has 0 heterocycles. The Hall–Kier alpha value is -2.43. The van der Waals surface area contributed by atoms with Gasteiger partial charge in [0.05, 0.1) is 18.8 Å². The molecular weight excluding hydrogens is 627 g/mol. The van der Waals surface area contributed by atoms with Crippen LogP contribution in [0.5, 0.6) is 0 Å². The third kappa shape index (κ3) is 38.6. The van der Waals surface area contributed by atoms with Gasteiger partial charge in [0, 0.05) is 6.42 Å². The van der Waals surface area contributed by atoms with Crippen LogP contribution in [0, 0.1) is 0 Å². The summed E-state index contributed by atoms with van der Waals surface area (Å²) in [6, 6.07) is -0.658. The van der Waals surface area contributed by atoms with Crippen LogP contribution in [0.15, 0.2) is 85.1 Å². The third-order valence-corrected chi connectivity index (χ3v) is 9.09. The molecule has 0 bridgehead atoms. The van der Waals surface area contributed by atoms with E-state index < -0.39 is 12.1 Å². The molecule has 2 unspecified atom stereocenters. The van der Waals surface area contributed by atoms with Crippen molar-refractivity contribution in [1.82, 2.24) is 5.32 Å². The summed E-state index contributed by atoms with van der Waals surface area (Å²) in [6.07, 6.45) is 61.1. The molecule has 51 heavy (non-hydrogen) atoms. The van der Waals surface area contributed by atoms with Crippen molar-refractivity contribution >= 4 is 5.91 Å². The lowest BCUT2D eigenvalue weighted by Crippen LogP contribution is -2.45. The quantitative estimate of drug-likeness (QED) is 0.0445. The number of rotatable bonds is 37. The van der Waals surface area contributed by atoms with Crippen LogP contribution in [0.25, 0.3) is 0 Å². The Kier molecular flexibility index (Phi) is 40.0. The Bertz CT molecular complexity index is 941. The Labute approximate surface area is 316 Å². The molecule has 2 atom stereocenters. The second-order valence-corrected chi connectivity index (χ2v) is 14.0. The van der Waals surface area contributed by atoms with Crippen molar-refractivity contribution < 1.29 is 15.0 Å². The minimum Gasteiger partial charge on any atom is -0.394 e. The highest BCUT2D eigenvalue weighted by Crippen LogP contribution is 2.12. The second kappa shape index (κ2) is 42.0. The van der Waals surface area contributed by atoms with Gasteiger partial charge in [0.15, 0.2) is 0 Å². The molecule has 0 fully saturated rings. The topological polar surface area (TPSA) is 69.6 Å². The van der Waals surface area contributed by atoms with E-state index in [4.69, 9.17) is 0 Å². The lowest BCUT2D eigenvalue weighted by Gasteiger charge is -2.19. The van der Waals surface area contributed by atoms with Gasteiger partial charge in [-0.3, -0.25) is 4.79 Å². The van der Waals surface area contributed by atoms with Crippen LogP contribution in [0.1, 0.15) is 187 Å². The maximum absolute atomic E-state index is 12.4. The van der Waals surface area contributed by atoms with Crippen molar-refractivity contribution in [2.45, 2.75) is 199 Å². The largest absolute Gasteiger partial charge is 0.394 e. The molecule has 0 aromatic carbocycles. The molecule has 4 nitrogen and oxygen atoms in total. The molecule has 0 aromatic heterocycles. The molecule has 0 saturated heterocycles. The summed E-state index contributed by atoms with van der Waals surface area (Å²) >= 11 is 0. The molecule has 0 aliphatic heterocycles. The average Bonchev–Trinajstić information content (AvgIpc) is 3.13. The van der Waals surface area contributed by atoms with Crippen molar-refractivity contribution in [1.29, 1.82) is 0 Å². The van der Waals surface area contributed by atoms with E-state index in [1.807, 2.05) is 6.08 Å². The lowest BCUT2D eigenvalue weighted by atomic mass is 10.1. The van der Waals surface area contributed by atoms with Crippen LogP contribution in [0.2, 0.25) is 0 Å². The Morgan fingerprint density at radius 2 is 0.882 bits per heavy atom. The van der Waals surface area contributed by atoms with Gasteiger partial charge in [-0.15, -0.1) is 0 Å². The minimum absolute atomic E-state index is 0.0960. The highest BCUT2D eigenvalue weighted by Gasteiger charge is 2.17. The molecule has 0 aliphatic rings. The number of carbonyl (C=O) groups excluding carboxylic acids is 1. The van der Waals surface area contributed by atoms with E-state index >= 15 is 0 Å². The van der Waals surface area contributed by atoms with Crippen molar-refractivity contribution in [2.75, 3.05) is 6.61 Å². The van der Waals surface area contributed by atoms with Crippen molar-refractivity contribution in [2.24, 2.45) is 0 Å². The SMILES string of the molecule is CC/C=C\C/C=C\C/C=C\C/C=C\CCCCCCCCC(=O)NC(CO)C(O)/C=C/CC/C=C/CC/C=C/CCCCCCCCCCCC. The maximum Gasteiger partial charge on any atom is 0.220 e. The number of aliphatic hydroxyl groups is 2. The molecule has 1 amide bonds. The van der Waals surface area contributed by atoms with E-state index in [0.717, 1.165) is 77.0 Å². The predicted octanol–water partition coefficient (Wildman–Crippen LogP) is 13.3. The third-order valence-electron chi connectivity index (χ3n) is 9.09. The number of hydrogen-bond acceptors (Lipinski definition) is 3. The van der Waals surface area contributed by atoms with E-state index in [2.05, 4.69) is 92.1 Å². The van der Waals surface area contributed by atoms with Crippen LogP contribution in [0.4, 0.5) is 0 Å². The average molecular weight is 708 g/mol. The highest BCUT2D eigenvalue weighted by molar-refractivity contribution is 5.76. The summed E-state index contributed by atoms with van der Waals surface area (Å²) in [6.45, 7) is 4.16. The molecule has 0 aromatic rings. The van der Waals surface area contributed by atoms with E-state index in [-0.39, 0.29) is 12.5 Å². The van der Waals surface area contributed by atoms with Crippen molar-refractivity contribution in [3.05, 3.63) is 85.1 Å². The number of nitrogens with one attached hydrogen (secondary N) is 1. The first-order valence-corrected chi connectivity index (χ1v) is 21.3. The summed E-state index contributed by atoms with van der Waals surface area (Å²) in [4.78, 5) is 12.4. The zero-order chi connectivity index (χ0) is 37.1. The number of allylic oxidation sites excluding steroid dienone is 13. The minimum atomic E-state index is -0.881. The van der Waals surface area contributed by atoms with E-state index in [9.17, 15) is 15.0 Å². The molecule has 0 radical (unpaired) electrons. The summed E-state index contributed by atoms with van der Waals surface area (Å²) in [7, 11) is 0. The summed E-state index contributed by atoms with van der Waals surface area (Å²) in [5, 5.41) is 23.0. The lowest BCUT2D eigenvalue weighted by molar-refractivity contribution is -0.123. The molecule has 0 spiro atoms. The molecule has 3 N–H and O–H groups in total. The van der Waals surface area contributed by atoms with Crippen LogP contribution in [-0.2, 0) is 4.79 Å². The number of carbonyl (C=O) groups is 1. The fourth-order valence-electron chi connectivity index (χ4n) is 5.85. The van der Waals surface area contributed by atoms with Gasteiger partial charge in [-0.1, -0.05) is 182 Å². The molecule has 292 valence electrons. The Morgan fingerprint density at radius 1 is 0.490 bits per heavy atom. The first-order valence-electron chi connectivity index (χ1n) is 21.3. The normalized spacial score (nSPS) is 13.9. The fourth-order valence-corrected chi connectivity index (χ4v) is 5.85. The zero-order valence-corrected chi connectivity index (χ0v) is 33.3. The van der Waals surface area contributed by atoms with E-state index in [1.165, 1.54) is 89.9 Å². The smallest absolute Gasteiger partial charge is 0.220 e. The summed E-state index contributed by atoms with van der Waals surface area (Å²) < 4.78 is 0. The van der Waals surface area contributed by atoms with E-state index in [1.54, 1.807) is 6.08 Å². The van der Waals surface area contributed by atoms with Gasteiger partial charge in [-0.25, -0.2) is 0 Å². The summed E-state index contributed by atoms with van der Waals surface area (Å²) in [5.74, 6) is -0.0960. The molecule has 4 heteroatoms. The van der Waals surface area contributed by atoms with Gasteiger partial charge in [-0.05, 0) is 83.5 Å². The Balaban J connectivity index is 3.72. The highest BCUT2D eigenvalue weighted by atomic mass is 16.3. The predicted molar refractivity (Wildman–Crippen MR) is 225 cm³/mol. The number of unbranched alkanes of at least 4 members (excludes halogenated alkanes) is 18. The molecular formula is C47H81NO3. The Morgan fingerprint density at radius 3 is 1.37 bits per heavy atom. The first kappa shape index (κ1) is 48.6. The van der Waals surface area contributed by atoms with Crippen LogP contribution in [0.3, 0.4) is 0 Å². The first-order chi connectivity index (χ1) is 25.2. The fraction of sp³-hybridized carbons (Fsp3) is 0.681. The van der Waals surface area contributed by atoms with Gasteiger partial charge < -0.3 is 15.5 Å². The van der Waals surface area contributed by atoms with E-state index in [0.29, 0.717) is 6.42 Å². The number of amides is 1.